The average molecular weight is 374 g/mol. The number of hydrogen-bond donors (Lipinski definition) is 2. The van der Waals surface area contributed by atoms with Crippen molar-refractivity contribution in [2.45, 2.75) is 25.8 Å². The average Bonchev–Trinajstić information content (AvgIpc) is 3.13. The lowest BCUT2D eigenvalue weighted by Gasteiger charge is -2.22. The number of aromatic nitrogens is 3. The molecule has 1 atom stereocenters. The summed E-state index contributed by atoms with van der Waals surface area (Å²) < 4.78 is 0.947. The lowest BCUT2D eigenvalue weighted by molar-refractivity contribution is -0.129. The quantitative estimate of drug-likeness (QED) is 0.721. The van der Waals surface area contributed by atoms with E-state index in [1.54, 1.807) is 0 Å². The fourth-order valence-electron chi connectivity index (χ4n) is 3.18. The molecule has 0 bridgehead atoms. The van der Waals surface area contributed by atoms with Crippen LogP contribution in [-0.2, 0) is 4.79 Å². The standard InChI is InChI=1S/C16H16BrN5O/c1-8(22-6-2-3-12(22)23)16-20-13-10-5-4-9(17)7-11(10)19-15(18)14(13)21-16/h4-5,7-8H,2-3,6H2,1H3,(H2,18,19)(H,20,21). The van der Waals surface area contributed by atoms with Crippen molar-refractivity contribution in [3.63, 3.8) is 0 Å². The number of carbonyl (C=O) groups excluding carboxylic acids is 1. The smallest absolute Gasteiger partial charge is 0.223 e. The van der Waals surface area contributed by atoms with Crippen LogP contribution in [0, 0.1) is 0 Å². The zero-order chi connectivity index (χ0) is 16.1. The first-order chi connectivity index (χ1) is 11.0. The number of hydrogen-bond acceptors (Lipinski definition) is 4. The maximum Gasteiger partial charge on any atom is 0.223 e. The highest BCUT2D eigenvalue weighted by molar-refractivity contribution is 9.10. The summed E-state index contributed by atoms with van der Waals surface area (Å²) in [6, 6.07) is 5.76. The van der Waals surface area contributed by atoms with Crippen molar-refractivity contribution >= 4 is 49.6 Å². The molecule has 1 aromatic carbocycles. The van der Waals surface area contributed by atoms with Crippen molar-refractivity contribution < 1.29 is 4.79 Å². The first kappa shape index (κ1) is 14.4. The molecule has 7 heteroatoms. The van der Waals surface area contributed by atoms with Crippen molar-refractivity contribution in [2.75, 3.05) is 12.3 Å². The minimum atomic E-state index is -0.0951. The van der Waals surface area contributed by atoms with Gasteiger partial charge in [0.1, 0.15) is 22.7 Å². The van der Waals surface area contributed by atoms with Gasteiger partial charge in [-0.25, -0.2) is 9.97 Å². The maximum absolute atomic E-state index is 12.0. The molecular formula is C16H16BrN5O. The van der Waals surface area contributed by atoms with Gasteiger partial charge in [0.15, 0.2) is 0 Å². The van der Waals surface area contributed by atoms with Gasteiger partial charge < -0.3 is 15.6 Å². The van der Waals surface area contributed by atoms with E-state index in [2.05, 4.69) is 25.9 Å². The third kappa shape index (κ3) is 2.26. The Balaban J connectivity index is 1.88. The van der Waals surface area contributed by atoms with Crippen LogP contribution in [0.3, 0.4) is 0 Å². The predicted octanol–water partition coefficient (Wildman–Crippen LogP) is 3.14. The molecule has 4 rings (SSSR count). The molecule has 0 saturated carbocycles. The topological polar surface area (TPSA) is 87.9 Å². The van der Waals surface area contributed by atoms with Gasteiger partial charge in [-0.05, 0) is 31.5 Å². The molecule has 0 spiro atoms. The van der Waals surface area contributed by atoms with E-state index in [1.165, 1.54) is 0 Å². The van der Waals surface area contributed by atoms with Crippen molar-refractivity contribution in [3.05, 3.63) is 28.5 Å². The normalized spacial score (nSPS) is 16.6. The highest BCUT2D eigenvalue weighted by atomic mass is 79.9. The summed E-state index contributed by atoms with van der Waals surface area (Å²) in [6.45, 7) is 2.77. The largest absolute Gasteiger partial charge is 0.382 e. The molecule has 23 heavy (non-hydrogen) atoms. The molecule has 3 aromatic rings. The number of anilines is 1. The number of amides is 1. The van der Waals surface area contributed by atoms with E-state index in [4.69, 9.17) is 10.7 Å². The van der Waals surface area contributed by atoms with Gasteiger partial charge in [-0.2, -0.15) is 0 Å². The third-order valence-corrected chi connectivity index (χ3v) is 4.90. The molecule has 0 radical (unpaired) electrons. The summed E-state index contributed by atoms with van der Waals surface area (Å²) in [6.07, 6.45) is 1.52. The number of rotatable bonds is 2. The molecule has 118 valence electrons. The number of fused-ring (bicyclic) bond motifs is 3. The maximum atomic E-state index is 12.0. The second kappa shape index (κ2) is 5.19. The molecule has 0 aliphatic carbocycles. The number of aromatic amines is 1. The van der Waals surface area contributed by atoms with Gasteiger partial charge in [0.05, 0.1) is 11.6 Å². The van der Waals surface area contributed by atoms with Crippen LogP contribution < -0.4 is 5.73 Å². The Bertz CT molecular complexity index is 935. The van der Waals surface area contributed by atoms with Crippen LogP contribution in [0.15, 0.2) is 22.7 Å². The minimum absolute atomic E-state index is 0.0951. The Labute approximate surface area is 141 Å². The Hall–Kier alpha value is -2.15. The number of nitrogens with two attached hydrogens (primary N) is 1. The van der Waals surface area contributed by atoms with E-state index in [9.17, 15) is 4.79 Å². The van der Waals surface area contributed by atoms with Crippen LogP contribution >= 0.6 is 15.9 Å². The molecule has 6 nitrogen and oxygen atoms in total. The number of likely N-dealkylation sites (tertiary alicyclic amines) is 1. The number of pyridine rings is 1. The highest BCUT2D eigenvalue weighted by Crippen LogP contribution is 2.31. The van der Waals surface area contributed by atoms with E-state index in [-0.39, 0.29) is 11.9 Å². The number of benzene rings is 1. The van der Waals surface area contributed by atoms with Gasteiger partial charge in [0.25, 0.3) is 0 Å². The zero-order valence-corrected chi connectivity index (χ0v) is 14.2. The van der Waals surface area contributed by atoms with E-state index in [0.717, 1.165) is 45.2 Å². The lowest BCUT2D eigenvalue weighted by atomic mass is 10.2. The number of halogens is 1. The van der Waals surface area contributed by atoms with Crippen LogP contribution in [0.2, 0.25) is 0 Å². The number of H-pyrrole nitrogens is 1. The molecule has 2 aromatic heterocycles. The summed E-state index contributed by atoms with van der Waals surface area (Å²) in [4.78, 5) is 26.3. The molecule has 1 aliphatic heterocycles. The lowest BCUT2D eigenvalue weighted by Crippen LogP contribution is -2.28. The predicted molar refractivity (Wildman–Crippen MR) is 92.9 cm³/mol. The molecule has 1 amide bonds. The SMILES string of the molecule is CC(c1nc2c([nH]1)c(N)nc1cc(Br)ccc12)N1CCCC1=O. The molecule has 1 aliphatic rings. The van der Waals surface area contributed by atoms with Crippen LogP contribution in [0.25, 0.3) is 21.9 Å². The van der Waals surface area contributed by atoms with Gasteiger partial charge in [0.2, 0.25) is 5.91 Å². The van der Waals surface area contributed by atoms with Gasteiger partial charge >= 0.3 is 0 Å². The Kier molecular flexibility index (Phi) is 3.26. The van der Waals surface area contributed by atoms with E-state index in [1.807, 2.05) is 30.0 Å². The van der Waals surface area contributed by atoms with Gasteiger partial charge in [-0.1, -0.05) is 15.9 Å². The minimum Gasteiger partial charge on any atom is -0.382 e. The Morgan fingerprint density at radius 2 is 2.22 bits per heavy atom. The molecular weight excluding hydrogens is 358 g/mol. The van der Waals surface area contributed by atoms with Crippen molar-refractivity contribution in [1.29, 1.82) is 0 Å². The monoisotopic (exact) mass is 373 g/mol. The van der Waals surface area contributed by atoms with Gasteiger partial charge in [0, 0.05) is 22.8 Å². The first-order valence-electron chi connectivity index (χ1n) is 7.58. The van der Waals surface area contributed by atoms with E-state index >= 15 is 0 Å². The Morgan fingerprint density at radius 1 is 1.39 bits per heavy atom. The van der Waals surface area contributed by atoms with Crippen LogP contribution in [-0.4, -0.2) is 32.3 Å². The third-order valence-electron chi connectivity index (χ3n) is 4.41. The fraction of sp³-hybridized carbons (Fsp3) is 0.312. The Morgan fingerprint density at radius 3 is 2.96 bits per heavy atom. The molecule has 3 heterocycles. The molecule has 1 unspecified atom stereocenters. The summed E-state index contributed by atoms with van der Waals surface area (Å²) in [5.41, 5.74) is 8.42. The molecule has 1 saturated heterocycles. The van der Waals surface area contributed by atoms with Crippen LogP contribution in [0.4, 0.5) is 5.82 Å². The number of nitrogens with one attached hydrogen (secondary N) is 1. The van der Waals surface area contributed by atoms with Gasteiger partial charge in [-0.15, -0.1) is 0 Å². The van der Waals surface area contributed by atoms with Crippen molar-refractivity contribution in [2.24, 2.45) is 0 Å². The van der Waals surface area contributed by atoms with Crippen molar-refractivity contribution in [3.8, 4) is 0 Å². The van der Waals surface area contributed by atoms with E-state index in [0.29, 0.717) is 12.2 Å². The summed E-state index contributed by atoms with van der Waals surface area (Å²) in [5.74, 6) is 1.35. The number of nitrogen functional groups attached to an aromatic ring is 1. The van der Waals surface area contributed by atoms with Crippen LogP contribution in [0.5, 0.6) is 0 Å². The first-order valence-corrected chi connectivity index (χ1v) is 8.37. The second-order valence-corrected chi connectivity index (χ2v) is 6.79. The zero-order valence-electron chi connectivity index (χ0n) is 12.6. The van der Waals surface area contributed by atoms with E-state index < -0.39 is 0 Å². The fourth-order valence-corrected chi connectivity index (χ4v) is 3.53. The summed E-state index contributed by atoms with van der Waals surface area (Å²) >= 11 is 3.45. The highest BCUT2D eigenvalue weighted by Gasteiger charge is 2.28. The number of carbonyl (C=O) groups is 1. The number of nitrogens with zero attached hydrogens (tertiary/aromatic N) is 3. The second-order valence-electron chi connectivity index (χ2n) is 5.87. The van der Waals surface area contributed by atoms with Gasteiger partial charge in [-0.3, -0.25) is 4.79 Å². The van der Waals surface area contributed by atoms with Crippen LogP contribution in [0.1, 0.15) is 31.6 Å². The summed E-state index contributed by atoms with van der Waals surface area (Å²) in [7, 11) is 0. The number of imidazole rings is 1. The molecule has 3 N–H and O–H groups in total. The van der Waals surface area contributed by atoms with Crippen molar-refractivity contribution in [1.82, 2.24) is 19.9 Å². The molecule has 1 fully saturated rings. The summed E-state index contributed by atoms with van der Waals surface area (Å²) in [5, 5.41) is 0.944.